The summed E-state index contributed by atoms with van der Waals surface area (Å²) in [5.74, 6) is 0.360. The van der Waals surface area contributed by atoms with Crippen LogP contribution < -0.4 is 10.6 Å². The summed E-state index contributed by atoms with van der Waals surface area (Å²) in [6, 6.07) is 13.6. The SMILES string of the molecule is Cc1cc(C)cc(NC(=O)Cn2c(CNC(=O)C3CCCO3)nc3ccccc32)c1. The first-order chi connectivity index (χ1) is 14.5. The molecule has 1 unspecified atom stereocenters. The van der Waals surface area contributed by atoms with Crippen LogP contribution >= 0.6 is 0 Å². The van der Waals surface area contributed by atoms with Crippen molar-refractivity contribution in [3.05, 3.63) is 59.4 Å². The Morgan fingerprint density at radius 3 is 2.67 bits per heavy atom. The summed E-state index contributed by atoms with van der Waals surface area (Å²) in [5, 5.41) is 5.87. The molecule has 1 aliphatic heterocycles. The number of aryl methyl sites for hydroxylation is 2. The van der Waals surface area contributed by atoms with Crippen LogP contribution in [0.1, 0.15) is 29.8 Å². The van der Waals surface area contributed by atoms with Gasteiger partial charge in [0, 0.05) is 12.3 Å². The van der Waals surface area contributed by atoms with E-state index in [9.17, 15) is 9.59 Å². The largest absolute Gasteiger partial charge is 0.368 e. The van der Waals surface area contributed by atoms with Crippen molar-refractivity contribution in [1.82, 2.24) is 14.9 Å². The van der Waals surface area contributed by atoms with Crippen molar-refractivity contribution < 1.29 is 14.3 Å². The van der Waals surface area contributed by atoms with Crippen LogP contribution in [0, 0.1) is 13.8 Å². The first kappa shape index (κ1) is 20.1. The molecule has 0 saturated carbocycles. The molecular weight excluding hydrogens is 380 g/mol. The zero-order valence-corrected chi connectivity index (χ0v) is 17.3. The fourth-order valence-electron chi connectivity index (χ4n) is 3.89. The Kier molecular flexibility index (Phi) is 5.81. The number of nitrogens with one attached hydrogen (secondary N) is 2. The molecule has 0 bridgehead atoms. The van der Waals surface area contributed by atoms with Crippen LogP contribution in [0.4, 0.5) is 5.69 Å². The molecular formula is C23H26N4O3. The number of benzene rings is 2. The molecule has 4 rings (SSSR count). The van der Waals surface area contributed by atoms with Crippen LogP contribution in [0.2, 0.25) is 0 Å². The fourth-order valence-corrected chi connectivity index (χ4v) is 3.89. The number of carbonyl (C=O) groups excluding carboxylic acids is 2. The van der Waals surface area contributed by atoms with Crippen LogP contribution in [-0.4, -0.2) is 34.1 Å². The van der Waals surface area contributed by atoms with E-state index in [0.717, 1.165) is 40.7 Å². The molecule has 7 heteroatoms. The first-order valence-electron chi connectivity index (χ1n) is 10.2. The topological polar surface area (TPSA) is 85.2 Å². The van der Waals surface area contributed by atoms with E-state index < -0.39 is 6.10 Å². The molecule has 1 atom stereocenters. The van der Waals surface area contributed by atoms with Crippen LogP contribution in [0.3, 0.4) is 0 Å². The Labute approximate surface area is 175 Å². The monoisotopic (exact) mass is 406 g/mol. The number of anilines is 1. The van der Waals surface area contributed by atoms with Gasteiger partial charge in [-0.25, -0.2) is 4.98 Å². The fraction of sp³-hybridized carbons (Fsp3) is 0.348. The molecule has 30 heavy (non-hydrogen) atoms. The van der Waals surface area contributed by atoms with E-state index in [-0.39, 0.29) is 24.9 Å². The smallest absolute Gasteiger partial charge is 0.249 e. The number of hydrogen-bond donors (Lipinski definition) is 2. The number of imidazole rings is 1. The lowest BCUT2D eigenvalue weighted by Crippen LogP contribution is -2.34. The van der Waals surface area contributed by atoms with Crippen LogP contribution in [0.5, 0.6) is 0 Å². The van der Waals surface area contributed by atoms with Crippen LogP contribution in [0.25, 0.3) is 11.0 Å². The lowest BCUT2D eigenvalue weighted by molar-refractivity contribution is -0.130. The van der Waals surface area contributed by atoms with E-state index in [1.807, 2.05) is 54.8 Å². The zero-order valence-electron chi connectivity index (χ0n) is 17.3. The second kappa shape index (κ2) is 8.67. The number of carbonyl (C=O) groups is 2. The van der Waals surface area contributed by atoms with Crippen molar-refractivity contribution in [3.63, 3.8) is 0 Å². The van der Waals surface area contributed by atoms with Gasteiger partial charge in [-0.1, -0.05) is 18.2 Å². The number of fused-ring (bicyclic) bond motifs is 1. The van der Waals surface area contributed by atoms with Gasteiger partial charge in [0.15, 0.2) is 0 Å². The number of hydrogen-bond acceptors (Lipinski definition) is 4. The van der Waals surface area contributed by atoms with Crippen molar-refractivity contribution in [2.75, 3.05) is 11.9 Å². The third kappa shape index (κ3) is 4.52. The lowest BCUT2D eigenvalue weighted by Gasteiger charge is -2.13. The van der Waals surface area contributed by atoms with Crippen LogP contribution in [-0.2, 0) is 27.4 Å². The zero-order chi connectivity index (χ0) is 21.1. The molecule has 2 heterocycles. The first-order valence-corrected chi connectivity index (χ1v) is 10.2. The number of rotatable bonds is 6. The predicted octanol–water partition coefficient (Wildman–Crippen LogP) is 3.09. The summed E-state index contributed by atoms with van der Waals surface area (Å²) in [7, 11) is 0. The van der Waals surface area contributed by atoms with Gasteiger partial charge in [-0.15, -0.1) is 0 Å². The summed E-state index contributed by atoms with van der Waals surface area (Å²) >= 11 is 0. The van der Waals surface area contributed by atoms with E-state index in [2.05, 4.69) is 21.7 Å². The molecule has 2 N–H and O–H groups in total. The normalized spacial score (nSPS) is 16.0. The van der Waals surface area contributed by atoms with Crippen molar-refractivity contribution in [2.24, 2.45) is 0 Å². The number of nitrogens with zero attached hydrogens (tertiary/aromatic N) is 2. The molecule has 7 nitrogen and oxygen atoms in total. The number of ether oxygens (including phenoxy) is 1. The highest BCUT2D eigenvalue weighted by atomic mass is 16.5. The van der Waals surface area contributed by atoms with Gasteiger partial charge in [-0.2, -0.15) is 0 Å². The average Bonchev–Trinajstić information content (AvgIpc) is 3.34. The molecule has 0 radical (unpaired) electrons. The third-order valence-corrected chi connectivity index (χ3v) is 5.18. The predicted molar refractivity (Wildman–Crippen MR) is 115 cm³/mol. The van der Waals surface area contributed by atoms with E-state index in [1.54, 1.807) is 0 Å². The minimum Gasteiger partial charge on any atom is -0.368 e. The highest BCUT2D eigenvalue weighted by Gasteiger charge is 2.24. The van der Waals surface area contributed by atoms with Gasteiger partial charge in [0.25, 0.3) is 0 Å². The Hall–Kier alpha value is -3.19. The van der Waals surface area contributed by atoms with E-state index in [0.29, 0.717) is 12.4 Å². The summed E-state index contributed by atoms with van der Waals surface area (Å²) in [5.41, 5.74) is 4.61. The molecule has 156 valence electrons. The number of para-hydroxylation sites is 2. The Morgan fingerprint density at radius 2 is 1.93 bits per heavy atom. The van der Waals surface area contributed by atoms with Crippen molar-refractivity contribution in [2.45, 2.75) is 45.9 Å². The Bertz CT molecular complexity index is 1060. The highest BCUT2D eigenvalue weighted by Crippen LogP contribution is 2.18. The molecule has 1 saturated heterocycles. The van der Waals surface area contributed by atoms with E-state index in [1.165, 1.54) is 0 Å². The maximum atomic E-state index is 12.8. The van der Waals surface area contributed by atoms with Crippen LogP contribution in [0.15, 0.2) is 42.5 Å². The molecule has 1 aromatic heterocycles. The average molecular weight is 406 g/mol. The van der Waals surface area contributed by atoms with Crippen molar-refractivity contribution >= 4 is 28.5 Å². The second-order valence-electron chi connectivity index (χ2n) is 7.75. The highest BCUT2D eigenvalue weighted by molar-refractivity contribution is 5.92. The van der Waals surface area contributed by atoms with Gasteiger partial charge in [0.2, 0.25) is 11.8 Å². The summed E-state index contributed by atoms with van der Waals surface area (Å²) < 4.78 is 7.29. The maximum Gasteiger partial charge on any atom is 0.249 e. The molecule has 2 aromatic carbocycles. The molecule has 0 aliphatic carbocycles. The van der Waals surface area contributed by atoms with E-state index >= 15 is 0 Å². The second-order valence-corrected chi connectivity index (χ2v) is 7.75. The minimum absolute atomic E-state index is 0.110. The van der Waals surface area contributed by atoms with Crippen molar-refractivity contribution in [3.8, 4) is 0 Å². The standard InChI is InChI=1S/C23H26N4O3/c1-15-10-16(2)12-17(11-15)25-22(28)14-27-19-7-4-3-6-18(19)26-21(27)13-24-23(29)20-8-5-9-30-20/h3-4,6-7,10-12,20H,5,8-9,13-14H2,1-2H3,(H,24,29)(H,25,28). The van der Waals surface area contributed by atoms with Gasteiger partial charge in [-0.05, 0) is 62.1 Å². The molecule has 0 spiro atoms. The molecule has 1 aliphatic rings. The minimum atomic E-state index is -0.393. The summed E-state index contributed by atoms with van der Waals surface area (Å²) in [4.78, 5) is 29.7. The molecule has 1 fully saturated rings. The summed E-state index contributed by atoms with van der Waals surface area (Å²) in [6.07, 6.45) is 1.24. The summed E-state index contributed by atoms with van der Waals surface area (Å²) in [6.45, 7) is 4.97. The Balaban J connectivity index is 1.52. The molecule has 3 aromatic rings. The molecule has 2 amide bonds. The van der Waals surface area contributed by atoms with Gasteiger partial charge in [-0.3, -0.25) is 9.59 Å². The maximum absolute atomic E-state index is 12.8. The quantitative estimate of drug-likeness (QED) is 0.659. The lowest BCUT2D eigenvalue weighted by atomic mass is 10.1. The number of amides is 2. The van der Waals surface area contributed by atoms with Gasteiger partial charge < -0.3 is 19.9 Å². The number of aromatic nitrogens is 2. The van der Waals surface area contributed by atoms with Gasteiger partial charge >= 0.3 is 0 Å². The van der Waals surface area contributed by atoms with Gasteiger partial charge in [0.1, 0.15) is 18.5 Å². The van der Waals surface area contributed by atoms with Crippen molar-refractivity contribution in [1.29, 1.82) is 0 Å². The van der Waals surface area contributed by atoms with Gasteiger partial charge in [0.05, 0.1) is 17.6 Å². The van der Waals surface area contributed by atoms with E-state index in [4.69, 9.17) is 4.74 Å². The Morgan fingerprint density at radius 1 is 1.17 bits per heavy atom. The third-order valence-electron chi connectivity index (χ3n) is 5.18.